The summed E-state index contributed by atoms with van der Waals surface area (Å²) in [5.74, 6) is 0.168. The summed E-state index contributed by atoms with van der Waals surface area (Å²) < 4.78 is 0. The minimum atomic E-state index is -0.276. The molecule has 0 aliphatic carbocycles. The first-order chi connectivity index (χ1) is 13.0. The van der Waals surface area contributed by atoms with Crippen molar-refractivity contribution in [1.29, 1.82) is 0 Å². The van der Waals surface area contributed by atoms with Crippen molar-refractivity contribution in [3.05, 3.63) is 65.2 Å². The minimum Gasteiger partial charge on any atom is -0.271 e. The van der Waals surface area contributed by atoms with Crippen LogP contribution < -0.4 is 5.43 Å². The van der Waals surface area contributed by atoms with Crippen LogP contribution in [0.3, 0.4) is 0 Å². The second-order valence-corrected chi connectivity index (χ2v) is 6.68. The second-order valence-electron chi connectivity index (χ2n) is 6.68. The van der Waals surface area contributed by atoms with Crippen LogP contribution in [-0.2, 0) is 11.3 Å². The first-order valence-corrected chi connectivity index (χ1v) is 8.92. The number of nitrogens with zero attached hydrogens (tertiary/aromatic N) is 4. The van der Waals surface area contributed by atoms with E-state index in [0.717, 1.165) is 22.2 Å². The molecule has 0 saturated carbocycles. The Bertz CT molecular complexity index is 967. The number of nitrogens with one attached hydrogen (secondary N) is 1. The van der Waals surface area contributed by atoms with Gasteiger partial charge in [-0.2, -0.15) is 20.1 Å². The van der Waals surface area contributed by atoms with E-state index in [1.807, 2.05) is 43.3 Å². The maximum absolute atomic E-state index is 12.0. The SMILES string of the molecule is CC(/C=N/NC(=O)Cn1nc2ccccc2n1)=C\c1ccccc1C(C)C. The summed E-state index contributed by atoms with van der Waals surface area (Å²) in [6.07, 6.45) is 3.70. The van der Waals surface area contributed by atoms with Crippen molar-refractivity contribution in [1.82, 2.24) is 20.4 Å². The molecule has 6 heteroatoms. The Labute approximate surface area is 158 Å². The number of benzene rings is 2. The molecule has 0 unspecified atom stereocenters. The van der Waals surface area contributed by atoms with Crippen LogP contribution in [0.1, 0.15) is 37.8 Å². The Morgan fingerprint density at radius 3 is 2.41 bits per heavy atom. The van der Waals surface area contributed by atoms with Crippen LogP contribution in [0.4, 0.5) is 0 Å². The molecule has 0 saturated heterocycles. The molecule has 138 valence electrons. The van der Waals surface area contributed by atoms with Gasteiger partial charge in [0.1, 0.15) is 17.6 Å². The normalized spacial score (nSPS) is 12.2. The summed E-state index contributed by atoms with van der Waals surface area (Å²) in [6, 6.07) is 15.8. The average molecular weight is 361 g/mol. The van der Waals surface area contributed by atoms with Gasteiger partial charge in [0.2, 0.25) is 0 Å². The molecular weight excluding hydrogens is 338 g/mol. The second kappa shape index (κ2) is 8.40. The summed E-state index contributed by atoms with van der Waals surface area (Å²) in [6.45, 7) is 6.31. The van der Waals surface area contributed by atoms with E-state index in [0.29, 0.717) is 5.92 Å². The highest BCUT2D eigenvalue weighted by molar-refractivity contribution is 5.86. The zero-order chi connectivity index (χ0) is 19.2. The molecule has 0 bridgehead atoms. The molecule has 0 fully saturated rings. The molecule has 0 spiro atoms. The molecule has 1 aromatic heterocycles. The maximum atomic E-state index is 12.0. The van der Waals surface area contributed by atoms with E-state index in [4.69, 9.17) is 0 Å². The highest BCUT2D eigenvalue weighted by atomic mass is 16.2. The summed E-state index contributed by atoms with van der Waals surface area (Å²) in [4.78, 5) is 13.4. The highest BCUT2D eigenvalue weighted by Crippen LogP contribution is 2.21. The Hall–Kier alpha value is -3.28. The molecule has 3 aromatic rings. The molecule has 0 aliphatic heterocycles. The fourth-order valence-corrected chi connectivity index (χ4v) is 2.80. The third-order valence-electron chi connectivity index (χ3n) is 4.07. The standard InChI is InChI=1S/C21H23N5O/c1-15(2)18-9-5-4-8-17(18)12-16(3)13-22-23-21(27)14-26-24-19-10-6-7-11-20(19)25-26/h4-13,15H,14H2,1-3H3,(H,23,27)/b16-12+,22-13+. The first kappa shape index (κ1) is 18.5. The lowest BCUT2D eigenvalue weighted by Gasteiger charge is -2.09. The van der Waals surface area contributed by atoms with E-state index in [9.17, 15) is 4.79 Å². The van der Waals surface area contributed by atoms with Crippen LogP contribution in [0.15, 0.2) is 59.2 Å². The molecule has 1 N–H and O–H groups in total. The van der Waals surface area contributed by atoms with Crippen molar-refractivity contribution in [2.75, 3.05) is 0 Å². The van der Waals surface area contributed by atoms with Crippen molar-refractivity contribution in [3.8, 4) is 0 Å². The van der Waals surface area contributed by atoms with E-state index in [2.05, 4.69) is 52.8 Å². The molecule has 2 aromatic carbocycles. The minimum absolute atomic E-state index is 0.0188. The number of carbonyl (C=O) groups is 1. The summed E-state index contributed by atoms with van der Waals surface area (Å²) in [5.41, 5.74) is 7.44. The van der Waals surface area contributed by atoms with Gasteiger partial charge in [0.05, 0.1) is 6.21 Å². The number of carbonyl (C=O) groups excluding carboxylic acids is 1. The van der Waals surface area contributed by atoms with E-state index < -0.39 is 0 Å². The summed E-state index contributed by atoms with van der Waals surface area (Å²) in [7, 11) is 0. The summed E-state index contributed by atoms with van der Waals surface area (Å²) in [5, 5.41) is 12.5. The number of hydrogen-bond donors (Lipinski definition) is 1. The van der Waals surface area contributed by atoms with E-state index in [1.54, 1.807) is 6.21 Å². The van der Waals surface area contributed by atoms with Gasteiger partial charge in [-0.05, 0) is 41.7 Å². The van der Waals surface area contributed by atoms with Gasteiger partial charge in [-0.3, -0.25) is 4.79 Å². The molecule has 0 aliphatic rings. The Morgan fingerprint density at radius 2 is 1.74 bits per heavy atom. The molecule has 0 radical (unpaired) electrons. The van der Waals surface area contributed by atoms with Crippen molar-refractivity contribution < 1.29 is 4.79 Å². The zero-order valence-corrected chi connectivity index (χ0v) is 15.8. The third kappa shape index (κ3) is 4.88. The lowest BCUT2D eigenvalue weighted by Crippen LogP contribution is -2.24. The quantitative estimate of drug-likeness (QED) is 0.537. The van der Waals surface area contributed by atoms with Crippen molar-refractivity contribution >= 4 is 29.2 Å². The predicted octanol–water partition coefficient (Wildman–Crippen LogP) is 3.76. The smallest absolute Gasteiger partial charge is 0.263 e. The molecular formula is C21H23N5O. The molecule has 0 atom stereocenters. The fraction of sp³-hybridized carbons (Fsp3) is 0.238. The number of hydrogen-bond acceptors (Lipinski definition) is 4. The number of hydrazone groups is 1. The van der Waals surface area contributed by atoms with E-state index in [1.165, 1.54) is 10.4 Å². The van der Waals surface area contributed by atoms with Gasteiger partial charge in [-0.1, -0.05) is 56.3 Å². The summed E-state index contributed by atoms with van der Waals surface area (Å²) >= 11 is 0. The highest BCUT2D eigenvalue weighted by Gasteiger charge is 2.06. The fourth-order valence-electron chi connectivity index (χ4n) is 2.80. The van der Waals surface area contributed by atoms with E-state index in [-0.39, 0.29) is 12.5 Å². The Balaban J connectivity index is 1.60. The van der Waals surface area contributed by atoms with E-state index >= 15 is 0 Å². The lowest BCUT2D eigenvalue weighted by molar-refractivity contribution is -0.122. The van der Waals surface area contributed by atoms with Crippen LogP contribution in [0.2, 0.25) is 0 Å². The topological polar surface area (TPSA) is 72.2 Å². The third-order valence-corrected chi connectivity index (χ3v) is 4.07. The molecule has 3 rings (SSSR count). The van der Waals surface area contributed by atoms with Crippen LogP contribution in [0.5, 0.6) is 0 Å². The Kier molecular flexibility index (Phi) is 5.76. The van der Waals surface area contributed by atoms with Gasteiger partial charge in [-0.15, -0.1) is 0 Å². The van der Waals surface area contributed by atoms with Crippen LogP contribution in [0, 0.1) is 0 Å². The van der Waals surface area contributed by atoms with Crippen LogP contribution in [0.25, 0.3) is 17.1 Å². The predicted molar refractivity (Wildman–Crippen MR) is 108 cm³/mol. The maximum Gasteiger partial charge on any atom is 0.263 e. The van der Waals surface area contributed by atoms with Gasteiger partial charge in [0.25, 0.3) is 5.91 Å². The van der Waals surface area contributed by atoms with Gasteiger partial charge < -0.3 is 0 Å². The van der Waals surface area contributed by atoms with Crippen molar-refractivity contribution in [2.45, 2.75) is 33.2 Å². The number of fused-ring (bicyclic) bond motifs is 1. The number of aromatic nitrogens is 3. The van der Waals surface area contributed by atoms with Crippen molar-refractivity contribution in [3.63, 3.8) is 0 Å². The van der Waals surface area contributed by atoms with Crippen LogP contribution in [-0.4, -0.2) is 27.1 Å². The molecule has 1 heterocycles. The first-order valence-electron chi connectivity index (χ1n) is 8.92. The molecule has 27 heavy (non-hydrogen) atoms. The average Bonchev–Trinajstić information content (AvgIpc) is 3.04. The molecule has 6 nitrogen and oxygen atoms in total. The number of rotatable bonds is 6. The van der Waals surface area contributed by atoms with Gasteiger partial charge in [0, 0.05) is 0 Å². The Morgan fingerprint density at radius 1 is 1.11 bits per heavy atom. The van der Waals surface area contributed by atoms with Gasteiger partial charge in [0.15, 0.2) is 0 Å². The van der Waals surface area contributed by atoms with Crippen LogP contribution >= 0.6 is 0 Å². The monoisotopic (exact) mass is 361 g/mol. The van der Waals surface area contributed by atoms with Crippen molar-refractivity contribution in [2.24, 2.45) is 5.10 Å². The van der Waals surface area contributed by atoms with Gasteiger partial charge >= 0.3 is 0 Å². The van der Waals surface area contributed by atoms with Gasteiger partial charge in [-0.25, -0.2) is 5.43 Å². The molecule has 1 amide bonds. The largest absolute Gasteiger partial charge is 0.271 e. The number of allylic oxidation sites excluding steroid dienone is 1. The lowest BCUT2D eigenvalue weighted by atomic mass is 9.96. The number of amides is 1. The zero-order valence-electron chi connectivity index (χ0n) is 15.8.